The highest BCUT2D eigenvalue weighted by Gasteiger charge is 2.29. The van der Waals surface area contributed by atoms with Crippen molar-refractivity contribution in [3.8, 4) is 22.9 Å². The van der Waals surface area contributed by atoms with E-state index in [1.165, 1.54) is 0 Å². The highest BCUT2D eigenvalue weighted by Crippen LogP contribution is 2.36. The van der Waals surface area contributed by atoms with Crippen molar-refractivity contribution in [2.45, 2.75) is 57.3 Å². The molecule has 3 aliphatic rings. The van der Waals surface area contributed by atoms with Crippen molar-refractivity contribution in [3.05, 3.63) is 48.0 Å². The molecule has 3 fully saturated rings. The number of tetrazole rings is 1. The standard InChI is InChI=1S/C31H39ClN10O4/c1-21(15-41-20-34-38-39-41)46-29-14-23(2-7-26(29)32)27-8-9-33-31(35-27)36-28-16-42(37-30(28)45-19-22-17-44-18-22)25-5-3-24(4-6-25)40-10-12-43-13-11-40/h2,7-9,14,16,20-22,24-25H,3-6,10-13,15,17-19H2,1H3,(H,33,35,36)/t21-,24?,25?/m0/s1. The average Bonchev–Trinajstić information content (AvgIpc) is 3.72. The maximum atomic E-state index is 6.49. The zero-order valence-electron chi connectivity index (χ0n) is 25.9. The number of nitrogens with one attached hydrogen (secondary N) is 1. The van der Waals surface area contributed by atoms with Crippen molar-refractivity contribution in [2.75, 3.05) is 51.4 Å². The molecule has 46 heavy (non-hydrogen) atoms. The fourth-order valence-corrected chi connectivity index (χ4v) is 6.36. The van der Waals surface area contributed by atoms with E-state index in [9.17, 15) is 0 Å². The van der Waals surface area contributed by atoms with Gasteiger partial charge >= 0.3 is 0 Å². The van der Waals surface area contributed by atoms with Crippen LogP contribution in [0, 0.1) is 5.92 Å². The van der Waals surface area contributed by atoms with Gasteiger partial charge in [-0.2, -0.15) is 0 Å². The van der Waals surface area contributed by atoms with E-state index in [-0.39, 0.29) is 6.10 Å². The fraction of sp³-hybridized carbons (Fsp3) is 0.548. The van der Waals surface area contributed by atoms with E-state index >= 15 is 0 Å². The van der Waals surface area contributed by atoms with Gasteiger partial charge in [0, 0.05) is 36.8 Å². The highest BCUT2D eigenvalue weighted by atomic mass is 35.5. The molecule has 0 unspecified atom stereocenters. The maximum Gasteiger partial charge on any atom is 0.256 e. The Balaban J connectivity index is 1.05. The number of halogens is 1. The minimum atomic E-state index is -0.213. The predicted molar refractivity (Wildman–Crippen MR) is 169 cm³/mol. The molecule has 0 spiro atoms. The maximum absolute atomic E-state index is 6.49. The average molecular weight is 651 g/mol. The first-order chi connectivity index (χ1) is 22.6. The lowest BCUT2D eigenvalue weighted by Gasteiger charge is -2.38. The van der Waals surface area contributed by atoms with E-state index in [4.69, 9.17) is 40.6 Å². The van der Waals surface area contributed by atoms with Crippen LogP contribution in [0.15, 0.2) is 43.0 Å². The second-order valence-corrected chi connectivity index (χ2v) is 12.6. The molecular weight excluding hydrogens is 612 g/mol. The van der Waals surface area contributed by atoms with Gasteiger partial charge in [0.2, 0.25) is 5.95 Å². The van der Waals surface area contributed by atoms with Crippen LogP contribution in [0.2, 0.25) is 5.02 Å². The Morgan fingerprint density at radius 1 is 1.07 bits per heavy atom. The molecule has 1 aromatic carbocycles. The molecule has 0 amide bonds. The molecule has 3 aromatic heterocycles. The quantitative estimate of drug-likeness (QED) is 0.237. The summed E-state index contributed by atoms with van der Waals surface area (Å²) in [5.74, 6) is 1.91. The van der Waals surface area contributed by atoms with E-state index < -0.39 is 0 Å². The normalized spacial score (nSPS) is 21.4. The molecule has 4 aromatic rings. The predicted octanol–water partition coefficient (Wildman–Crippen LogP) is 4.03. The molecule has 244 valence electrons. The minimum Gasteiger partial charge on any atom is -0.487 e. The topological polar surface area (TPSA) is 139 Å². The molecule has 0 bridgehead atoms. The minimum absolute atomic E-state index is 0.213. The molecule has 1 saturated carbocycles. The van der Waals surface area contributed by atoms with E-state index in [1.54, 1.807) is 23.3 Å². The van der Waals surface area contributed by atoms with Crippen LogP contribution in [0.1, 0.15) is 38.6 Å². The Kier molecular flexibility index (Phi) is 9.56. The monoisotopic (exact) mass is 650 g/mol. The van der Waals surface area contributed by atoms with Crippen LogP contribution in [-0.2, 0) is 16.0 Å². The third kappa shape index (κ3) is 7.41. The summed E-state index contributed by atoms with van der Waals surface area (Å²) in [5.41, 5.74) is 2.30. The number of hydrogen-bond acceptors (Lipinski definition) is 12. The molecule has 7 rings (SSSR count). The van der Waals surface area contributed by atoms with Crippen LogP contribution in [0.4, 0.5) is 11.6 Å². The molecule has 14 nitrogen and oxygen atoms in total. The molecule has 1 atom stereocenters. The number of benzene rings is 1. The summed E-state index contributed by atoms with van der Waals surface area (Å²) in [6.07, 6.45) is 9.53. The first-order valence-corrected chi connectivity index (χ1v) is 16.3. The van der Waals surface area contributed by atoms with E-state index in [0.717, 1.165) is 68.9 Å². The number of nitrogens with zero attached hydrogens (tertiary/aromatic N) is 9. The smallest absolute Gasteiger partial charge is 0.256 e. The van der Waals surface area contributed by atoms with Gasteiger partial charge in [-0.3, -0.25) is 9.58 Å². The lowest BCUT2D eigenvalue weighted by molar-refractivity contribution is -0.0514. The number of anilines is 2. The second-order valence-electron chi connectivity index (χ2n) is 12.1. The Morgan fingerprint density at radius 2 is 1.89 bits per heavy atom. The summed E-state index contributed by atoms with van der Waals surface area (Å²) in [6.45, 7) is 8.11. The molecule has 2 saturated heterocycles. The van der Waals surface area contributed by atoms with Crippen molar-refractivity contribution >= 4 is 23.2 Å². The molecule has 15 heteroatoms. The highest BCUT2D eigenvalue weighted by molar-refractivity contribution is 6.32. The van der Waals surface area contributed by atoms with Crippen molar-refractivity contribution in [2.24, 2.45) is 5.92 Å². The molecule has 1 aliphatic carbocycles. The van der Waals surface area contributed by atoms with Gasteiger partial charge in [0.05, 0.1) is 62.5 Å². The van der Waals surface area contributed by atoms with E-state index in [1.807, 2.05) is 31.3 Å². The lowest BCUT2D eigenvalue weighted by atomic mass is 9.90. The summed E-state index contributed by atoms with van der Waals surface area (Å²) in [7, 11) is 0. The van der Waals surface area contributed by atoms with Gasteiger partial charge in [0.15, 0.2) is 0 Å². The van der Waals surface area contributed by atoms with Gasteiger partial charge in [-0.1, -0.05) is 17.7 Å². The third-order valence-electron chi connectivity index (χ3n) is 8.76. The Hall–Kier alpha value is -3.85. The first-order valence-electron chi connectivity index (χ1n) is 16.0. The van der Waals surface area contributed by atoms with Crippen LogP contribution in [-0.4, -0.2) is 103 Å². The van der Waals surface area contributed by atoms with Crippen molar-refractivity contribution in [1.82, 2.24) is 44.9 Å². The summed E-state index contributed by atoms with van der Waals surface area (Å²) in [4.78, 5) is 11.9. The summed E-state index contributed by atoms with van der Waals surface area (Å²) in [5, 5.41) is 20.0. The van der Waals surface area contributed by atoms with E-state index in [2.05, 4.69) is 35.4 Å². The molecule has 1 N–H and O–H groups in total. The fourth-order valence-electron chi connectivity index (χ4n) is 6.20. The Bertz CT molecular complexity index is 1570. The number of aromatic nitrogens is 8. The Labute approximate surface area is 272 Å². The molecule has 0 radical (unpaired) electrons. The van der Waals surface area contributed by atoms with Gasteiger partial charge in [-0.15, -0.1) is 10.2 Å². The number of ether oxygens (including phenoxy) is 4. The van der Waals surface area contributed by atoms with Crippen LogP contribution >= 0.6 is 11.6 Å². The molecular formula is C31H39ClN10O4. The van der Waals surface area contributed by atoms with Crippen molar-refractivity contribution in [3.63, 3.8) is 0 Å². The molecule has 2 aliphatic heterocycles. The van der Waals surface area contributed by atoms with Crippen LogP contribution < -0.4 is 14.8 Å². The van der Waals surface area contributed by atoms with Crippen LogP contribution in [0.5, 0.6) is 11.6 Å². The van der Waals surface area contributed by atoms with Gasteiger partial charge in [0.25, 0.3) is 5.88 Å². The van der Waals surface area contributed by atoms with E-state index in [0.29, 0.717) is 67.0 Å². The van der Waals surface area contributed by atoms with Gasteiger partial charge < -0.3 is 24.3 Å². The zero-order valence-corrected chi connectivity index (χ0v) is 26.6. The van der Waals surface area contributed by atoms with Gasteiger partial charge in [0.1, 0.15) is 23.9 Å². The number of morpholine rings is 1. The van der Waals surface area contributed by atoms with Crippen molar-refractivity contribution < 1.29 is 18.9 Å². The summed E-state index contributed by atoms with van der Waals surface area (Å²) in [6, 6.07) is 8.38. The van der Waals surface area contributed by atoms with Crippen molar-refractivity contribution in [1.29, 1.82) is 0 Å². The number of rotatable bonds is 12. The Morgan fingerprint density at radius 3 is 2.65 bits per heavy atom. The molecule has 5 heterocycles. The van der Waals surface area contributed by atoms with Crippen LogP contribution in [0.25, 0.3) is 11.3 Å². The number of hydrogen-bond donors (Lipinski definition) is 1. The largest absolute Gasteiger partial charge is 0.487 e. The van der Waals surface area contributed by atoms with Gasteiger partial charge in [-0.25, -0.2) is 14.6 Å². The lowest BCUT2D eigenvalue weighted by Crippen LogP contribution is -2.45. The first kappa shape index (κ1) is 30.8. The SMILES string of the molecule is C[C@@H](Cn1cnnn1)Oc1cc(-c2ccnc(Nc3cn(C4CCC(N5CCOCC5)CC4)nc3OCC3COC3)n2)ccc1Cl. The third-order valence-corrected chi connectivity index (χ3v) is 9.07. The summed E-state index contributed by atoms with van der Waals surface area (Å²) >= 11 is 6.49. The van der Waals surface area contributed by atoms with Crippen LogP contribution in [0.3, 0.4) is 0 Å². The zero-order chi connectivity index (χ0) is 31.3. The van der Waals surface area contributed by atoms with Gasteiger partial charge in [-0.05, 0) is 61.2 Å². The summed E-state index contributed by atoms with van der Waals surface area (Å²) < 4.78 is 26.9. The second kappa shape index (κ2) is 14.3.